The lowest BCUT2D eigenvalue weighted by molar-refractivity contribution is 0.0873. The first kappa shape index (κ1) is 10.9. The lowest BCUT2D eigenvalue weighted by atomic mass is 9.94. The molecule has 1 atom stereocenters. The standard InChI is InChI=1S/C11H12FNO3/c12-9-2-1-7-4-10(6-14)13(11(15)16)5-8(7)3-9/h1-3,10,14H,4-6H2,(H,15,16)/t10-/m0/s1. The normalized spacial score (nSPS) is 19.4. The number of amides is 1. The second-order valence-corrected chi connectivity index (χ2v) is 3.86. The summed E-state index contributed by atoms with van der Waals surface area (Å²) in [7, 11) is 0. The Morgan fingerprint density at radius 1 is 1.50 bits per heavy atom. The number of hydrogen-bond donors (Lipinski definition) is 2. The molecule has 0 aromatic heterocycles. The van der Waals surface area contributed by atoms with Crippen LogP contribution < -0.4 is 0 Å². The van der Waals surface area contributed by atoms with Crippen molar-refractivity contribution in [1.82, 2.24) is 4.90 Å². The van der Waals surface area contributed by atoms with E-state index in [2.05, 4.69) is 0 Å². The van der Waals surface area contributed by atoms with Crippen LogP contribution in [0, 0.1) is 5.82 Å². The van der Waals surface area contributed by atoms with E-state index in [1.54, 1.807) is 6.07 Å². The molecule has 0 bridgehead atoms. The van der Waals surface area contributed by atoms with E-state index in [1.165, 1.54) is 12.1 Å². The summed E-state index contributed by atoms with van der Waals surface area (Å²) in [6, 6.07) is 3.91. The SMILES string of the molecule is O=C(O)N1Cc2cc(F)ccc2C[C@H]1CO. The fourth-order valence-corrected chi connectivity index (χ4v) is 2.00. The maximum atomic E-state index is 13.0. The minimum atomic E-state index is -1.09. The van der Waals surface area contributed by atoms with Crippen molar-refractivity contribution < 1.29 is 19.4 Å². The van der Waals surface area contributed by atoms with Crippen LogP contribution in [-0.2, 0) is 13.0 Å². The number of carbonyl (C=O) groups is 1. The van der Waals surface area contributed by atoms with Gasteiger partial charge in [-0.2, -0.15) is 0 Å². The van der Waals surface area contributed by atoms with Crippen molar-refractivity contribution >= 4 is 6.09 Å². The van der Waals surface area contributed by atoms with Crippen molar-refractivity contribution in [2.45, 2.75) is 19.0 Å². The van der Waals surface area contributed by atoms with Gasteiger partial charge in [-0.15, -0.1) is 0 Å². The summed E-state index contributed by atoms with van der Waals surface area (Å²) in [6.45, 7) is -0.0865. The molecule has 86 valence electrons. The van der Waals surface area contributed by atoms with E-state index in [0.29, 0.717) is 12.0 Å². The Hall–Kier alpha value is -1.62. The van der Waals surface area contributed by atoms with Gasteiger partial charge in [0.25, 0.3) is 0 Å². The molecule has 4 nitrogen and oxygen atoms in total. The molecule has 0 unspecified atom stereocenters. The summed E-state index contributed by atoms with van der Waals surface area (Å²) in [4.78, 5) is 12.1. The Balaban J connectivity index is 2.34. The summed E-state index contributed by atoms with van der Waals surface area (Å²) in [5.74, 6) is -0.369. The van der Waals surface area contributed by atoms with Crippen LogP contribution in [0.4, 0.5) is 9.18 Å². The Labute approximate surface area is 91.9 Å². The zero-order valence-electron chi connectivity index (χ0n) is 8.56. The van der Waals surface area contributed by atoms with E-state index in [0.717, 1.165) is 10.5 Å². The molecule has 1 amide bonds. The predicted octanol–water partition coefficient (Wildman–Crippen LogP) is 1.22. The molecule has 0 radical (unpaired) electrons. The highest BCUT2D eigenvalue weighted by atomic mass is 19.1. The number of aliphatic hydroxyl groups is 1. The number of benzene rings is 1. The van der Waals surface area contributed by atoms with Gasteiger partial charge in [0.05, 0.1) is 12.6 Å². The van der Waals surface area contributed by atoms with Crippen molar-refractivity contribution in [3.63, 3.8) is 0 Å². The van der Waals surface area contributed by atoms with Crippen molar-refractivity contribution in [2.24, 2.45) is 0 Å². The minimum Gasteiger partial charge on any atom is -0.465 e. The third-order valence-electron chi connectivity index (χ3n) is 2.86. The number of fused-ring (bicyclic) bond motifs is 1. The van der Waals surface area contributed by atoms with Gasteiger partial charge in [0.15, 0.2) is 0 Å². The quantitative estimate of drug-likeness (QED) is 0.755. The van der Waals surface area contributed by atoms with E-state index in [1.807, 2.05) is 0 Å². The Morgan fingerprint density at radius 2 is 2.25 bits per heavy atom. The van der Waals surface area contributed by atoms with Crippen LogP contribution in [0.1, 0.15) is 11.1 Å². The molecule has 0 saturated heterocycles. The summed E-state index contributed by atoms with van der Waals surface area (Å²) in [6.07, 6.45) is -0.660. The molecule has 5 heteroatoms. The fraction of sp³-hybridized carbons (Fsp3) is 0.364. The van der Waals surface area contributed by atoms with Crippen LogP contribution in [0.3, 0.4) is 0 Å². The molecule has 1 heterocycles. The molecule has 2 rings (SSSR count). The molecular weight excluding hydrogens is 213 g/mol. The maximum Gasteiger partial charge on any atom is 0.407 e. The van der Waals surface area contributed by atoms with Gasteiger partial charge in [0.1, 0.15) is 5.82 Å². The zero-order valence-corrected chi connectivity index (χ0v) is 8.56. The molecule has 1 aliphatic heterocycles. The number of carboxylic acid groups (broad SMARTS) is 1. The zero-order chi connectivity index (χ0) is 11.7. The third kappa shape index (κ3) is 1.86. The van der Waals surface area contributed by atoms with Gasteiger partial charge in [-0.25, -0.2) is 9.18 Å². The monoisotopic (exact) mass is 225 g/mol. The second kappa shape index (κ2) is 4.09. The van der Waals surface area contributed by atoms with Crippen LogP contribution in [0.5, 0.6) is 0 Å². The van der Waals surface area contributed by atoms with Gasteiger partial charge in [-0.1, -0.05) is 6.07 Å². The molecule has 0 spiro atoms. The number of aliphatic hydroxyl groups excluding tert-OH is 1. The number of hydrogen-bond acceptors (Lipinski definition) is 2. The van der Waals surface area contributed by atoms with E-state index >= 15 is 0 Å². The van der Waals surface area contributed by atoms with Crippen LogP contribution in [0.15, 0.2) is 18.2 Å². The van der Waals surface area contributed by atoms with Gasteiger partial charge < -0.3 is 10.2 Å². The van der Waals surface area contributed by atoms with Crippen molar-refractivity contribution in [3.05, 3.63) is 35.1 Å². The largest absolute Gasteiger partial charge is 0.465 e. The Morgan fingerprint density at radius 3 is 2.88 bits per heavy atom. The van der Waals surface area contributed by atoms with Gasteiger partial charge in [0.2, 0.25) is 0 Å². The van der Waals surface area contributed by atoms with Crippen LogP contribution in [0.2, 0.25) is 0 Å². The van der Waals surface area contributed by atoms with E-state index in [4.69, 9.17) is 10.2 Å². The molecule has 2 N–H and O–H groups in total. The highest BCUT2D eigenvalue weighted by molar-refractivity contribution is 5.66. The molecule has 1 aliphatic rings. The van der Waals surface area contributed by atoms with E-state index in [-0.39, 0.29) is 19.0 Å². The lowest BCUT2D eigenvalue weighted by Crippen LogP contribution is -2.45. The molecular formula is C11H12FNO3. The fourth-order valence-electron chi connectivity index (χ4n) is 2.00. The average Bonchev–Trinajstić information content (AvgIpc) is 2.27. The third-order valence-corrected chi connectivity index (χ3v) is 2.86. The van der Waals surface area contributed by atoms with Crippen molar-refractivity contribution in [3.8, 4) is 0 Å². The number of rotatable bonds is 1. The van der Waals surface area contributed by atoms with Crippen LogP contribution >= 0.6 is 0 Å². The van der Waals surface area contributed by atoms with Crippen molar-refractivity contribution in [1.29, 1.82) is 0 Å². The first-order chi connectivity index (χ1) is 7.61. The highest BCUT2D eigenvalue weighted by Gasteiger charge is 2.29. The molecule has 0 saturated carbocycles. The van der Waals surface area contributed by atoms with Gasteiger partial charge in [-0.05, 0) is 29.7 Å². The topological polar surface area (TPSA) is 60.8 Å². The Bertz CT molecular complexity index is 422. The summed E-state index contributed by atoms with van der Waals surface area (Å²) < 4.78 is 13.0. The maximum absolute atomic E-state index is 13.0. The predicted molar refractivity (Wildman–Crippen MR) is 54.5 cm³/mol. The molecule has 0 fully saturated rings. The molecule has 1 aromatic carbocycles. The highest BCUT2D eigenvalue weighted by Crippen LogP contribution is 2.24. The molecule has 1 aromatic rings. The van der Waals surface area contributed by atoms with Crippen LogP contribution in [0.25, 0.3) is 0 Å². The first-order valence-corrected chi connectivity index (χ1v) is 4.99. The molecule has 16 heavy (non-hydrogen) atoms. The van der Waals surface area contributed by atoms with Crippen LogP contribution in [-0.4, -0.2) is 33.9 Å². The van der Waals surface area contributed by atoms with Gasteiger partial charge in [0, 0.05) is 6.54 Å². The van der Waals surface area contributed by atoms with Crippen molar-refractivity contribution in [2.75, 3.05) is 6.61 Å². The van der Waals surface area contributed by atoms with E-state index < -0.39 is 12.1 Å². The lowest BCUT2D eigenvalue weighted by Gasteiger charge is -2.33. The van der Waals surface area contributed by atoms with Gasteiger partial charge >= 0.3 is 6.09 Å². The summed E-state index contributed by atoms with van der Waals surface area (Å²) in [5.41, 5.74) is 1.57. The first-order valence-electron chi connectivity index (χ1n) is 4.99. The Kier molecular flexibility index (Phi) is 2.78. The second-order valence-electron chi connectivity index (χ2n) is 3.86. The number of halogens is 1. The summed E-state index contributed by atoms with van der Waals surface area (Å²) in [5, 5.41) is 18.1. The number of nitrogens with zero attached hydrogens (tertiary/aromatic N) is 1. The minimum absolute atomic E-state index is 0.133. The summed E-state index contributed by atoms with van der Waals surface area (Å²) >= 11 is 0. The molecule has 0 aliphatic carbocycles. The van der Waals surface area contributed by atoms with Gasteiger partial charge in [-0.3, -0.25) is 4.90 Å². The van der Waals surface area contributed by atoms with E-state index in [9.17, 15) is 9.18 Å². The average molecular weight is 225 g/mol. The smallest absolute Gasteiger partial charge is 0.407 e.